The minimum atomic E-state index is -4.42. The fraction of sp³-hybridized carbons (Fsp3) is 1.00. The van der Waals surface area contributed by atoms with E-state index in [1.54, 1.807) is 0 Å². The van der Waals surface area contributed by atoms with Crippen molar-refractivity contribution in [1.82, 2.24) is 0 Å². The number of rotatable bonds is 14. The van der Waals surface area contributed by atoms with E-state index in [2.05, 4.69) is 11.4 Å². The van der Waals surface area contributed by atoms with Crippen molar-refractivity contribution >= 4 is 7.82 Å². The van der Waals surface area contributed by atoms with Gasteiger partial charge in [0.2, 0.25) is 0 Å². The first-order valence-corrected chi connectivity index (χ1v) is 10.5. The SMILES string of the molecule is CCCCCCCCCCCCC1OCC(COP(=O)(O)O)O1. The molecule has 7 heteroatoms. The summed E-state index contributed by atoms with van der Waals surface area (Å²) in [5, 5.41) is 0. The van der Waals surface area contributed by atoms with E-state index in [4.69, 9.17) is 19.3 Å². The van der Waals surface area contributed by atoms with Crippen molar-refractivity contribution in [2.24, 2.45) is 0 Å². The lowest BCUT2D eigenvalue weighted by molar-refractivity contribution is -0.0698. The first-order valence-electron chi connectivity index (χ1n) is 8.98. The maximum absolute atomic E-state index is 10.6. The summed E-state index contributed by atoms with van der Waals surface area (Å²) in [5.74, 6) is 0. The van der Waals surface area contributed by atoms with Crippen LogP contribution in [0.5, 0.6) is 0 Å². The largest absolute Gasteiger partial charge is 0.469 e. The molecule has 0 aromatic heterocycles. The van der Waals surface area contributed by atoms with Gasteiger partial charge in [-0.25, -0.2) is 4.57 Å². The summed E-state index contributed by atoms with van der Waals surface area (Å²) < 4.78 is 26.1. The van der Waals surface area contributed by atoms with Gasteiger partial charge in [-0.3, -0.25) is 4.52 Å². The molecule has 1 aliphatic rings. The number of unbranched alkanes of at least 4 members (excludes halogenated alkanes) is 9. The molecule has 2 unspecified atom stereocenters. The lowest BCUT2D eigenvalue weighted by atomic mass is 10.1. The second-order valence-corrected chi connectivity index (χ2v) is 7.52. The van der Waals surface area contributed by atoms with Crippen molar-refractivity contribution in [2.45, 2.75) is 89.9 Å². The van der Waals surface area contributed by atoms with Crippen molar-refractivity contribution in [1.29, 1.82) is 0 Å². The Kier molecular flexibility index (Phi) is 11.4. The van der Waals surface area contributed by atoms with Crippen molar-refractivity contribution < 1.29 is 28.3 Å². The van der Waals surface area contributed by atoms with Crippen LogP contribution >= 0.6 is 7.82 Å². The first-order chi connectivity index (χ1) is 11.0. The van der Waals surface area contributed by atoms with E-state index < -0.39 is 7.82 Å². The van der Waals surface area contributed by atoms with E-state index in [1.807, 2.05) is 0 Å². The van der Waals surface area contributed by atoms with Gasteiger partial charge in [0.25, 0.3) is 0 Å². The monoisotopic (exact) mass is 352 g/mol. The van der Waals surface area contributed by atoms with Gasteiger partial charge in [0.1, 0.15) is 6.10 Å². The van der Waals surface area contributed by atoms with E-state index in [0.29, 0.717) is 6.61 Å². The molecule has 138 valence electrons. The Morgan fingerprint density at radius 1 is 1.00 bits per heavy atom. The number of hydrogen-bond donors (Lipinski definition) is 2. The zero-order valence-corrected chi connectivity index (χ0v) is 15.2. The summed E-state index contributed by atoms with van der Waals surface area (Å²) in [6, 6.07) is 0. The van der Waals surface area contributed by atoms with Crippen molar-refractivity contribution in [3.8, 4) is 0 Å². The standard InChI is InChI=1S/C16H33O6P/c1-2-3-4-5-6-7-8-9-10-11-12-16-20-13-15(22-16)14-21-23(17,18)19/h15-16H,2-14H2,1H3,(H2,17,18,19). The van der Waals surface area contributed by atoms with Gasteiger partial charge in [-0.15, -0.1) is 0 Å². The summed E-state index contributed by atoms with van der Waals surface area (Å²) in [6.45, 7) is 2.45. The summed E-state index contributed by atoms with van der Waals surface area (Å²) in [5.41, 5.74) is 0. The molecule has 0 saturated carbocycles. The fourth-order valence-electron chi connectivity index (χ4n) is 2.73. The number of phosphoric acid groups is 1. The Morgan fingerprint density at radius 2 is 1.57 bits per heavy atom. The highest BCUT2D eigenvalue weighted by Crippen LogP contribution is 2.36. The molecule has 1 rings (SSSR count). The number of phosphoric ester groups is 1. The molecule has 0 aromatic rings. The molecule has 0 amide bonds. The minimum absolute atomic E-state index is 0.126. The van der Waals surface area contributed by atoms with Crippen LogP contribution in [0.2, 0.25) is 0 Å². The van der Waals surface area contributed by atoms with Crippen molar-refractivity contribution in [2.75, 3.05) is 13.2 Å². The lowest BCUT2D eigenvalue weighted by Crippen LogP contribution is -2.18. The van der Waals surface area contributed by atoms with Crippen LogP contribution in [0.15, 0.2) is 0 Å². The summed E-state index contributed by atoms with van der Waals surface area (Å²) in [7, 11) is -4.42. The topological polar surface area (TPSA) is 85.2 Å². The molecule has 0 aliphatic carbocycles. The van der Waals surface area contributed by atoms with Gasteiger partial charge in [0.15, 0.2) is 6.29 Å². The van der Waals surface area contributed by atoms with Gasteiger partial charge in [-0.2, -0.15) is 0 Å². The highest BCUT2D eigenvalue weighted by molar-refractivity contribution is 7.46. The number of ether oxygens (including phenoxy) is 2. The van der Waals surface area contributed by atoms with Crippen LogP contribution in [0.4, 0.5) is 0 Å². The lowest BCUT2D eigenvalue weighted by Gasteiger charge is -2.12. The molecule has 0 spiro atoms. The molecule has 2 atom stereocenters. The Bertz CT molecular complexity index is 333. The maximum atomic E-state index is 10.6. The average molecular weight is 352 g/mol. The van der Waals surface area contributed by atoms with Crippen LogP contribution in [-0.4, -0.2) is 35.4 Å². The average Bonchev–Trinajstić information content (AvgIpc) is 2.94. The molecule has 2 N–H and O–H groups in total. The second kappa shape index (κ2) is 12.4. The maximum Gasteiger partial charge on any atom is 0.469 e. The first kappa shape index (κ1) is 21.1. The van der Waals surface area contributed by atoms with Gasteiger partial charge >= 0.3 is 7.82 Å². The minimum Gasteiger partial charge on any atom is -0.350 e. The van der Waals surface area contributed by atoms with E-state index >= 15 is 0 Å². The van der Waals surface area contributed by atoms with Crippen molar-refractivity contribution in [3.05, 3.63) is 0 Å². The molecule has 0 aromatic carbocycles. The Hall–Kier alpha value is 0.0300. The molecule has 1 heterocycles. The predicted molar refractivity (Wildman–Crippen MR) is 89.1 cm³/mol. The van der Waals surface area contributed by atoms with Gasteiger partial charge in [-0.1, -0.05) is 64.7 Å². The third-order valence-corrected chi connectivity index (χ3v) is 4.52. The van der Waals surface area contributed by atoms with Gasteiger partial charge < -0.3 is 19.3 Å². The predicted octanol–water partition coefficient (Wildman–Crippen LogP) is 4.15. The highest BCUT2D eigenvalue weighted by Gasteiger charge is 2.28. The molecule has 23 heavy (non-hydrogen) atoms. The quantitative estimate of drug-likeness (QED) is 0.361. The highest BCUT2D eigenvalue weighted by atomic mass is 31.2. The molecule has 1 fully saturated rings. The third kappa shape index (κ3) is 12.1. The molecule has 0 bridgehead atoms. The molecular formula is C16H33O6P. The van der Waals surface area contributed by atoms with Crippen LogP contribution in [0.1, 0.15) is 77.6 Å². The van der Waals surface area contributed by atoms with Crippen LogP contribution in [0.25, 0.3) is 0 Å². The molecule has 0 radical (unpaired) electrons. The Morgan fingerprint density at radius 3 is 2.13 bits per heavy atom. The zero-order chi connectivity index (χ0) is 17.0. The molecule has 1 saturated heterocycles. The fourth-order valence-corrected chi connectivity index (χ4v) is 3.09. The summed E-state index contributed by atoms with van der Waals surface area (Å²) in [4.78, 5) is 17.3. The molecular weight excluding hydrogens is 319 g/mol. The summed E-state index contributed by atoms with van der Waals surface area (Å²) in [6.07, 6.45) is 13.1. The van der Waals surface area contributed by atoms with Crippen LogP contribution in [0, 0.1) is 0 Å². The third-order valence-electron chi connectivity index (χ3n) is 4.03. The van der Waals surface area contributed by atoms with Gasteiger partial charge in [-0.05, 0) is 12.8 Å². The Balaban J connectivity index is 1.88. The summed E-state index contributed by atoms with van der Waals surface area (Å²) >= 11 is 0. The van der Waals surface area contributed by atoms with E-state index in [1.165, 1.54) is 57.8 Å². The number of hydrogen-bond acceptors (Lipinski definition) is 4. The van der Waals surface area contributed by atoms with Crippen LogP contribution < -0.4 is 0 Å². The van der Waals surface area contributed by atoms with E-state index in [0.717, 1.165) is 12.8 Å². The normalized spacial score (nSPS) is 21.9. The van der Waals surface area contributed by atoms with Crippen LogP contribution in [-0.2, 0) is 18.6 Å². The Labute approximate surface area is 140 Å². The van der Waals surface area contributed by atoms with E-state index in [9.17, 15) is 4.57 Å². The van der Waals surface area contributed by atoms with Crippen molar-refractivity contribution in [3.63, 3.8) is 0 Å². The smallest absolute Gasteiger partial charge is 0.350 e. The molecule has 6 nitrogen and oxygen atoms in total. The van der Waals surface area contributed by atoms with Gasteiger partial charge in [0, 0.05) is 0 Å². The zero-order valence-electron chi connectivity index (χ0n) is 14.3. The van der Waals surface area contributed by atoms with Crippen LogP contribution in [0.3, 0.4) is 0 Å². The van der Waals surface area contributed by atoms with Gasteiger partial charge in [0.05, 0.1) is 13.2 Å². The molecule has 1 aliphatic heterocycles. The van der Waals surface area contributed by atoms with E-state index in [-0.39, 0.29) is 19.0 Å². The second-order valence-electron chi connectivity index (χ2n) is 6.28.